The number of allylic oxidation sites excluding steroid dienone is 1. The molecule has 1 aromatic heterocycles. The van der Waals surface area contributed by atoms with Crippen LogP contribution in [0, 0.1) is 18.8 Å². The minimum Gasteiger partial charge on any atom is -0.470 e. The Hall–Kier alpha value is -5.00. The average Bonchev–Trinajstić information content (AvgIpc) is 3.72. The predicted molar refractivity (Wildman–Crippen MR) is 182 cm³/mol. The van der Waals surface area contributed by atoms with Gasteiger partial charge in [-0.2, -0.15) is 0 Å². The Bertz CT molecular complexity index is 2150. The largest absolute Gasteiger partial charge is 0.470 e. The Labute approximate surface area is 289 Å². The number of fused-ring (bicyclic) bond motifs is 4. The van der Waals surface area contributed by atoms with Crippen molar-refractivity contribution in [1.29, 1.82) is 0 Å². The number of rotatable bonds is 7. The first-order chi connectivity index (χ1) is 24.2. The van der Waals surface area contributed by atoms with Crippen LogP contribution in [0.1, 0.15) is 67.6 Å². The summed E-state index contributed by atoms with van der Waals surface area (Å²) in [7, 11) is 5.40. The smallest absolute Gasteiger partial charge is 0.412 e. The number of benzene rings is 3. The maximum atomic E-state index is 14.8. The van der Waals surface area contributed by atoms with Crippen molar-refractivity contribution in [3.05, 3.63) is 99.0 Å². The Balaban J connectivity index is 1.15. The van der Waals surface area contributed by atoms with Gasteiger partial charge in [0.2, 0.25) is 11.4 Å². The fourth-order valence-electron chi connectivity index (χ4n) is 8.82. The lowest BCUT2D eigenvalue weighted by molar-refractivity contribution is 0.0485. The minimum atomic E-state index is -1.30. The highest BCUT2D eigenvalue weighted by Gasteiger charge is 2.75. The summed E-state index contributed by atoms with van der Waals surface area (Å²) in [6, 6.07) is 15.5. The third-order valence-corrected chi connectivity index (χ3v) is 11.3. The van der Waals surface area contributed by atoms with Crippen LogP contribution >= 0.6 is 0 Å². The zero-order valence-corrected chi connectivity index (χ0v) is 28.5. The van der Waals surface area contributed by atoms with Crippen LogP contribution in [0.3, 0.4) is 0 Å². The quantitative estimate of drug-likeness (QED) is 0.250. The van der Waals surface area contributed by atoms with E-state index >= 15 is 0 Å². The molecule has 0 bridgehead atoms. The summed E-state index contributed by atoms with van der Waals surface area (Å²) in [6.45, 7) is 5.13. The highest BCUT2D eigenvalue weighted by atomic mass is 16.6. The number of aryl methyl sites for hydroxylation is 1. The summed E-state index contributed by atoms with van der Waals surface area (Å²) in [6.07, 6.45) is 1.54. The lowest BCUT2D eigenvalue weighted by atomic mass is 9.61. The van der Waals surface area contributed by atoms with Gasteiger partial charge in [0.1, 0.15) is 17.9 Å². The van der Waals surface area contributed by atoms with Crippen LogP contribution in [0.2, 0.25) is 0 Å². The van der Waals surface area contributed by atoms with Gasteiger partial charge < -0.3 is 24.1 Å². The highest BCUT2D eigenvalue weighted by Crippen LogP contribution is 2.66. The number of likely N-dealkylation sites (tertiary alicyclic amines) is 1. The van der Waals surface area contributed by atoms with Crippen molar-refractivity contribution in [3.8, 4) is 11.6 Å². The Morgan fingerprint density at radius 3 is 2.60 bits per heavy atom. The molecule has 9 rings (SSSR count). The molecule has 5 aliphatic rings. The number of hydrogen-bond acceptors (Lipinski definition) is 10. The number of ketones is 2. The van der Waals surface area contributed by atoms with Crippen LogP contribution in [-0.2, 0) is 24.3 Å². The van der Waals surface area contributed by atoms with Gasteiger partial charge in [0.25, 0.3) is 5.88 Å². The molecule has 2 fully saturated rings. The van der Waals surface area contributed by atoms with Crippen LogP contribution < -0.4 is 14.8 Å². The van der Waals surface area contributed by atoms with Gasteiger partial charge in [0.05, 0.1) is 6.04 Å². The number of amides is 1. The van der Waals surface area contributed by atoms with E-state index in [1.54, 1.807) is 0 Å². The molecule has 3 heterocycles. The number of nitrogens with zero attached hydrogens (tertiary/aromatic N) is 3. The second-order valence-electron chi connectivity index (χ2n) is 14.3. The number of epoxide rings is 1. The van der Waals surface area contributed by atoms with E-state index < -0.39 is 11.7 Å². The first-order valence-corrected chi connectivity index (χ1v) is 17.3. The average molecular weight is 675 g/mol. The molecule has 4 aromatic rings. The summed E-state index contributed by atoms with van der Waals surface area (Å²) < 4.78 is 24.4. The second-order valence-corrected chi connectivity index (χ2v) is 14.3. The van der Waals surface area contributed by atoms with E-state index in [4.69, 9.17) is 18.7 Å². The normalized spacial score (nSPS) is 24.8. The molecule has 1 N–H and O–H groups in total. The highest BCUT2D eigenvalue weighted by molar-refractivity contribution is 6.19. The van der Waals surface area contributed by atoms with E-state index in [0.717, 1.165) is 47.1 Å². The molecular weight excluding hydrogens is 636 g/mol. The van der Waals surface area contributed by atoms with Crippen molar-refractivity contribution in [3.63, 3.8) is 0 Å². The summed E-state index contributed by atoms with van der Waals surface area (Å²) in [5.74, 6) is 0.362. The second kappa shape index (κ2) is 11.3. The topological polar surface area (TPSA) is 127 Å². The van der Waals surface area contributed by atoms with Crippen molar-refractivity contribution in [2.24, 2.45) is 11.8 Å². The number of aromatic nitrogens is 1. The molecule has 2 aliphatic heterocycles. The molecule has 4 atom stereocenters. The molecule has 4 unspecified atom stereocenters. The molecule has 2 saturated heterocycles. The zero-order chi connectivity index (χ0) is 34.5. The maximum absolute atomic E-state index is 14.8. The zero-order valence-electron chi connectivity index (χ0n) is 28.5. The first kappa shape index (κ1) is 31.0. The molecule has 3 aliphatic carbocycles. The summed E-state index contributed by atoms with van der Waals surface area (Å²) >= 11 is 0. The Morgan fingerprint density at radius 1 is 1.08 bits per heavy atom. The number of hydrogen-bond donors (Lipinski definition) is 1. The SMILES string of the molecule is CNC(=O)Oc1c2c(c(C)c3cc(CN4CCC4)ccc13)C(=O)C1=C3OC34C(=O)c3c(OCc5ccccc5)noc3C(N(C)C)C4CC1C2. The third-order valence-electron chi connectivity index (χ3n) is 11.3. The molecule has 0 radical (unpaired) electrons. The van der Waals surface area contributed by atoms with Gasteiger partial charge in [-0.1, -0.05) is 42.5 Å². The van der Waals surface area contributed by atoms with E-state index in [0.29, 0.717) is 46.8 Å². The molecule has 1 spiro atoms. The number of carbonyl (C=O) groups excluding carboxylic acids is 3. The van der Waals surface area contributed by atoms with Gasteiger partial charge in [-0.25, -0.2) is 4.79 Å². The lowest BCUT2D eigenvalue weighted by Gasteiger charge is -2.41. The summed E-state index contributed by atoms with van der Waals surface area (Å²) in [4.78, 5) is 46.5. The van der Waals surface area contributed by atoms with Crippen LogP contribution in [0.25, 0.3) is 10.8 Å². The number of nitrogens with one attached hydrogen (secondary N) is 1. The Morgan fingerprint density at radius 2 is 1.88 bits per heavy atom. The van der Waals surface area contributed by atoms with Crippen molar-refractivity contribution in [2.45, 2.75) is 51.0 Å². The van der Waals surface area contributed by atoms with Crippen molar-refractivity contribution >= 4 is 28.4 Å². The van der Waals surface area contributed by atoms with Crippen LogP contribution in [0.15, 0.2) is 64.4 Å². The monoisotopic (exact) mass is 674 g/mol. The minimum absolute atomic E-state index is 0.128. The molecule has 256 valence electrons. The van der Waals surface area contributed by atoms with E-state index in [1.165, 1.54) is 13.5 Å². The number of carbonyl (C=O) groups is 3. The maximum Gasteiger partial charge on any atom is 0.412 e. The fraction of sp³-hybridized carbons (Fsp3) is 0.385. The number of Topliss-reactive ketones (excluding diaryl/α,β-unsaturated/α-hetero) is 2. The first-order valence-electron chi connectivity index (χ1n) is 17.3. The van der Waals surface area contributed by atoms with Gasteiger partial charge in [0.15, 0.2) is 17.3 Å². The van der Waals surface area contributed by atoms with Crippen molar-refractivity contribution < 1.29 is 33.1 Å². The van der Waals surface area contributed by atoms with Crippen molar-refractivity contribution in [2.75, 3.05) is 34.2 Å². The van der Waals surface area contributed by atoms with Crippen molar-refractivity contribution in [1.82, 2.24) is 20.3 Å². The molecule has 3 aromatic carbocycles. The van der Waals surface area contributed by atoms with Crippen LogP contribution in [-0.4, -0.2) is 72.4 Å². The van der Waals surface area contributed by atoms with Crippen LogP contribution in [0.4, 0.5) is 4.79 Å². The third kappa shape index (κ3) is 4.42. The van der Waals surface area contributed by atoms with Gasteiger partial charge in [-0.05, 0) is 92.6 Å². The van der Waals surface area contributed by atoms with Crippen LogP contribution in [0.5, 0.6) is 11.6 Å². The van der Waals surface area contributed by atoms with Gasteiger partial charge in [-0.15, -0.1) is 0 Å². The standard InChI is InChI=1S/C39H38N4O7/c1-20-25-15-22(18-43-13-8-14-43)11-12-24(25)33(48-38(46)40-2)26-16-23-17-27-31(42(3)4)34-30(37(41-50-34)47-19-21-9-6-5-7-10-21)35(45)39(27)36(49-39)29(23)32(44)28(20)26/h5-7,9-12,15,23,27,31H,8,13-14,16-19H2,1-4H3,(H,40,46). The fourth-order valence-corrected chi connectivity index (χ4v) is 8.82. The molecule has 50 heavy (non-hydrogen) atoms. The van der Waals surface area contributed by atoms with Gasteiger partial charge in [-0.3, -0.25) is 19.4 Å². The lowest BCUT2D eigenvalue weighted by Crippen LogP contribution is -2.49. The summed E-state index contributed by atoms with van der Waals surface area (Å²) in [5.41, 5.74) is 3.64. The van der Waals surface area contributed by atoms with E-state index in [9.17, 15) is 14.4 Å². The molecular formula is C39H38N4O7. The molecule has 0 saturated carbocycles. The van der Waals surface area contributed by atoms with E-state index in [-0.39, 0.29) is 47.5 Å². The van der Waals surface area contributed by atoms with Gasteiger partial charge in [0, 0.05) is 41.6 Å². The predicted octanol–water partition coefficient (Wildman–Crippen LogP) is 5.54. The number of ether oxygens (including phenoxy) is 3. The Kier molecular flexibility index (Phi) is 6.98. The molecule has 11 heteroatoms. The van der Waals surface area contributed by atoms with Gasteiger partial charge >= 0.3 is 6.09 Å². The van der Waals surface area contributed by atoms with E-state index in [2.05, 4.69) is 27.5 Å². The summed E-state index contributed by atoms with van der Waals surface area (Å²) in [5, 5.41) is 8.46. The molecule has 1 amide bonds. The van der Waals surface area contributed by atoms with E-state index in [1.807, 2.05) is 62.3 Å². The molecule has 11 nitrogen and oxygen atoms in total.